The molecule has 2 N–H and O–H groups in total. The van der Waals surface area contributed by atoms with Crippen molar-refractivity contribution >= 4 is 5.97 Å². The first kappa shape index (κ1) is 13.7. The number of hydrogen-bond donors (Lipinski definition) is 2. The molecule has 3 heteroatoms. The monoisotopic (exact) mass is 235 g/mol. The highest BCUT2D eigenvalue weighted by Gasteiger charge is 2.02. The summed E-state index contributed by atoms with van der Waals surface area (Å²) in [5.74, 6) is -0.869. The number of hydrogen-bond acceptors (Lipinski definition) is 2. The lowest BCUT2D eigenvalue weighted by Crippen LogP contribution is -2.27. The van der Waals surface area contributed by atoms with Gasteiger partial charge in [-0.2, -0.15) is 0 Å². The lowest BCUT2D eigenvalue weighted by Gasteiger charge is -2.12. The molecule has 0 saturated carbocycles. The van der Waals surface area contributed by atoms with Crippen LogP contribution in [0.15, 0.2) is 24.3 Å². The van der Waals surface area contributed by atoms with Gasteiger partial charge in [-0.15, -0.1) is 0 Å². The number of rotatable bonds is 7. The Morgan fingerprint density at radius 2 is 2.00 bits per heavy atom. The smallest absolute Gasteiger partial charge is 0.335 e. The van der Waals surface area contributed by atoms with Crippen molar-refractivity contribution in [3.05, 3.63) is 35.4 Å². The third-order valence-electron chi connectivity index (χ3n) is 2.83. The van der Waals surface area contributed by atoms with Gasteiger partial charge in [0.05, 0.1) is 5.56 Å². The van der Waals surface area contributed by atoms with E-state index in [0.29, 0.717) is 11.6 Å². The van der Waals surface area contributed by atoms with Crippen LogP contribution >= 0.6 is 0 Å². The molecule has 17 heavy (non-hydrogen) atoms. The van der Waals surface area contributed by atoms with E-state index in [-0.39, 0.29) is 0 Å². The van der Waals surface area contributed by atoms with E-state index in [1.807, 2.05) is 12.1 Å². The Labute approximate surface area is 103 Å². The maximum atomic E-state index is 10.7. The van der Waals surface area contributed by atoms with Gasteiger partial charge in [0.1, 0.15) is 0 Å². The van der Waals surface area contributed by atoms with E-state index in [1.54, 1.807) is 12.1 Å². The van der Waals surface area contributed by atoms with Gasteiger partial charge in [-0.3, -0.25) is 0 Å². The highest BCUT2D eigenvalue weighted by molar-refractivity contribution is 5.87. The minimum atomic E-state index is -0.869. The molecule has 0 bridgehead atoms. The van der Waals surface area contributed by atoms with E-state index in [4.69, 9.17) is 5.11 Å². The summed E-state index contributed by atoms with van der Waals surface area (Å²) in [6, 6.07) is 7.64. The second kappa shape index (κ2) is 7.07. The first-order chi connectivity index (χ1) is 8.13. The Morgan fingerprint density at radius 1 is 1.35 bits per heavy atom. The first-order valence-electron chi connectivity index (χ1n) is 6.19. The Balaban J connectivity index is 2.34. The summed E-state index contributed by atoms with van der Waals surface area (Å²) in [6.45, 7) is 5.31. The highest BCUT2D eigenvalue weighted by atomic mass is 16.4. The summed E-state index contributed by atoms with van der Waals surface area (Å²) in [5, 5.41) is 12.2. The molecule has 0 aliphatic carbocycles. The van der Waals surface area contributed by atoms with Crippen molar-refractivity contribution in [2.24, 2.45) is 0 Å². The Kier molecular flexibility index (Phi) is 5.70. The number of aromatic carboxylic acids is 1. The number of carboxylic acid groups (broad SMARTS) is 1. The average Bonchev–Trinajstić information content (AvgIpc) is 2.30. The molecule has 0 amide bonds. The van der Waals surface area contributed by atoms with E-state index >= 15 is 0 Å². The Morgan fingerprint density at radius 3 is 2.53 bits per heavy atom. The molecular formula is C14H21NO2. The zero-order chi connectivity index (χ0) is 12.7. The van der Waals surface area contributed by atoms with Crippen LogP contribution in [0.1, 0.15) is 42.6 Å². The highest BCUT2D eigenvalue weighted by Crippen LogP contribution is 2.05. The number of carbonyl (C=O) groups is 1. The lowest BCUT2D eigenvalue weighted by atomic mass is 10.1. The van der Waals surface area contributed by atoms with Crippen molar-refractivity contribution in [3.8, 4) is 0 Å². The summed E-state index contributed by atoms with van der Waals surface area (Å²) >= 11 is 0. The van der Waals surface area contributed by atoms with Crippen molar-refractivity contribution < 1.29 is 9.90 Å². The maximum Gasteiger partial charge on any atom is 0.335 e. The zero-order valence-electron chi connectivity index (χ0n) is 10.6. The van der Waals surface area contributed by atoms with Crippen molar-refractivity contribution in [2.75, 3.05) is 6.54 Å². The molecule has 1 unspecified atom stereocenters. The molecule has 1 aromatic carbocycles. The standard InChI is InChI=1S/C14H21NO2/c1-3-4-11(2)15-10-9-12-5-7-13(8-6-12)14(16)17/h5-8,11,15H,3-4,9-10H2,1-2H3,(H,16,17). The summed E-state index contributed by atoms with van der Waals surface area (Å²) in [6.07, 6.45) is 3.33. The molecule has 0 saturated heterocycles. The van der Waals surface area contributed by atoms with E-state index in [0.717, 1.165) is 13.0 Å². The van der Waals surface area contributed by atoms with Gasteiger partial charge >= 0.3 is 5.97 Å². The predicted molar refractivity (Wildman–Crippen MR) is 69.5 cm³/mol. The average molecular weight is 235 g/mol. The molecular weight excluding hydrogens is 214 g/mol. The number of carboxylic acids is 1. The van der Waals surface area contributed by atoms with Gasteiger partial charge in [-0.25, -0.2) is 4.79 Å². The minimum Gasteiger partial charge on any atom is -0.478 e. The lowest BCUT2D eigenvalue weighted by molar-refractivity contribution is 0.0697. The van der Waals surface area contributed by atoms with Crippen LogP contribution in [0.2, 0.25) is 0 Å². The second-order valence-corrected chi connectivity index (χ2v) is 4.40. The van der Waals surface area contributed by atoms with Crippen molar-refractivity contribution in [1.82, 2.24) is 5.32 Å². The third-order valence-corrected chi connectivity index (χ3v) is 2.83. The van der Waals surface area contributed by atoms with Gasteiger partial charge in [-0.1, -0.05) is 25.5 Å². The fraction of sp³-hybridized carbons (Fsp3) is 0.500. The molecule has 94 valence electrons. The molecule has 0 heterocycles. The summed E-state index contributed by atoms with van der Waals surface area (Å²) in [4.78, 5) is 10.7. The van der Waals surface area contributed by atoms with Crippen LogP contribution in [0.3, 0.4) is 0 Å². The van der Waals surface area contributed by atoms with Crippen LogP contribution < -0.4 is 5.32 Å². The molecule has 1 atom stereocenters. The van der Waals surface area contributed by atoms with Crippen LogP contribution in [0.4, 0.5) is 0 Å². The molecule has 0 aliphatic heterocycles. The van der Waals surface area contributed by atoms with Crippen molar-refractivity contribution in [1.29, 1.82) is 0 Å². The fourth-order valence-corrected chi connectivity index (χ4v) is 1.81. The van der Waals surface area contributed by atoms with Gasteiger partial charge in [0, 0.05) is 6.04 Å². The SMILES string of the molecule is CCCC(C)NCCc1ccc(C(=O)O)cc1. The minimum absolute atomic E-state index is 0.348. The Hall–Kier alpha value is -1.35. The second-order valence-electron chi connectivity index (χ2n) is 4.40. The van der Waals surface area contributed by atoms with E-state index in [2.05, 4.69) is 19.2 Å². The zero-order valence-corrected chi connectivity index (χ0v) is 10.6. The number of nitrogens with one attached hydrogen (secondary N) is 1. The van der Waals surface area contributed by atoms with E-state index < -0.39 is 5.97 Å². The summed E-state index contributed by atoms with van der Waals surface area (Å²) < 4.78 is 0. The summed E-state index contributed by atoms with van der Waals surface area (Å²) in [5.41, 5.74) is 1.52. The fourth-order valence-electron chi connectivity index (χ4n) is 1.81. The van der Waals surface area contributed by atoms with Crippen LogP contribution in [-0.4, -0.2) is 23.7 Å². The predicted octanol–water partition coefficient (Wildman–Crippen LogP) is 2.71. The molecule has 0 aromatic heterocycles. The van der Waals surface area contributed by atoms with Gasteiger partial charge in [0.2, 0.25) is 0 Å². The normalized spacial score (nSPS) is 12.4. The third kappa shape index (κ3) is 5.00. The summed E-state index contributed by atoms with van der Waals surface area (Å²) in [7, 11) is 0. The maximum absolute atomic E-state index is 10.7. The first-order valence-corrected chi connectivity index (χ1v) is 6.19. The van der Waals surface area contributed by atoms with Gasteiger partial charge in [0.15, 0.2) is 0 Å². The molecule has 0 fully saturated rings. The van der Waals surface area contributed by atoms with Crippen molar-refractivity contribution in [2.45, 2.75) is 39.2 Å². The molecule has 1 rings (SSSR count). The van der Waals surface area contributed by atoms with E-state index in [1.165, 1.54) is 18.4 Å². The van der Waals surface area contributed by atoms with Crippen LogP contribution in [0.25, 0.3) is 0 Å². The molecule has 1 aromatic rings. The van der Waals surface area contributed by atoms with Crippen molar-refractivity contribution in [3.63, 3.8) is 0 Å². The van der Waals surface area contributed by atoms with Gasteiger partial charge in [0.25, 0.3) is 0 Å². The molecule has 0 radical (unpaired) electrons. The molecule has 3 nitrogen and oxygen atoms in total. The van der Waals surface area contributed by atoms with Crippen LogP contribution in [0, 0.1) is 0 Å². The van der Waals surface area contributed by atoms with Gasteiger partial charge in [-0.05, 0) is 44.0 Å². The topological polar surface area (TPSA) is 49.3 Å². The Bertz CT molecular complexity index is 346. The quantitative estimate of drug-likeness (QED) is 0.764. The van der Waals surface area contributed by atoms with Crippen LogP contribution in [0.5, 0.6) is 0 Å². The molecule has 0 aliphatic rings. The number of benzene rings is 1. The molecule has 0 spiro atoms. The largest absolute Gasteiger partial charge is 0.478 e. The van der Waals surface area contributed by atoms with Gasteiger partial charge < -0.3 is 10.4 Å². The van der Waals surface area contributed by atoms with E-state index in [9.17, 15) is 4.79 Å². The van der Waals surface area contributed by atoms with Crippen LogP contribution in [-0.2, 0) is 6.42 Å².